The predicted octanol–water partition coefficient (Wildman–Crippen LogP) is 1.87. The van der Waals surface area contributed by atoms with Crippen LogP contribution in [0.2, 0.25) is 0 Å². The summed E-state index contributed by atoms with van der Waals surface area (Å²) in [5.41, 5.74) is 8.00. The smallest absolute Gasteiger partial charge is 0.214 e. The highest BCUT2D eigenvalue weighted by molar-refractivity contribution is 7.20. The van der Waals surface area contributed by atoms with Crippen molar-refractivity contribution in [2.45, 2.75) is 32.2 Å². The molecule has 8 heteroatoms. The minimum absolute atomic E-state index is 0.0607. The number of aromatic nitrogens is 5. The summed E-state index contributed by atoms with van der Waals surface area (Å²) in [6.07, 6.45) is 7.34. The van der Waals surface area contributed by atoms with E-state index >= 15 is 0 Å². The average Bonchev–Trinajstić information content (AvgIpc) is 3.08. The van der Waals surface area contributed by atoms with Crippen molar-refractivity contribution in [2.24, 2.45) is 5.73 Å². The molecule has 0 spiro atoms. The molecule has 0 bridgehead atoms. The van der Waals surface area contributed by atoms with Crippen LogP contribution < -0.4 is 10.6 Å². The van der Waals surface area contributed by atoms with E-state index in [0.717, 1.165) is 47.3 Å². The van der Waals surface area contributed by atoms with E-state index in [-0.39, 0.29) is 5.54 Å². The summed E-state index contributed by atoms with van der Waals surface area (Å²) in [4.78, 5) is 16.3. The van der Waals surface area contributed by atoms with Gasteiger partial charge in [0.15, 0.2) is 5.82 Å². The number of anilines is 1. The van der Waals surface area contributed by atoms with Crippen molar-refractivity contribution >= 4 is 21.4 Å². The Bertz CT molecular complexity index is 823. The van der Waals surface area contributed by atoms with Gasteiger partial charge in [-0.1, -0.05) is 11.3 Å². The molecule has 3 aromatic rings. The van der Waals surface area contributed by atoms with Gasteiger partial charge >= 0.3 is 0 Å². The summed E-state index contributed by atoms with van der Waals surface area (Å²) in [6, 6.07) is 0. The van der Waals surface area contributed by atoms with Gasteiger partial charge in [-0.25, -0.2) is 15.0 Å². The second kappa shape index (κ2) is 5.24. The maximum Gasteiger partial charge on any atom is 0.214 e. The first-order valence-electron chi connectivity index (χ1n) is 7.69. The van der Waals surface area contributed by atoms with Crippen LogP contribution in [0.15, 0.2) is 18.6 Å². The molecule has 0 unspecified atom stereocenters. The number of imidazole rings is 1. The van der Waals surface area contributed by atoms with Crippen molar-refractivity contribution in [3.8, 4) is 11.5 Å². The van der Waals surface area contributed by atoms with Crippen molar-refractivity contribution in [3.05, 3.63) is 24.2 Å². The quantitative estimate of drug-likeness (QED) is 0.772. The molecule has 120 valence electrons. The van der Waals surface area contributed by atoms with Crippen LogP contribution in [0.5, 0.6) is 0 Å². The molecule has 0 atom stereocenters. The second-order valence-electron chi connectivity index (χ2n) is 6.45. The molecule has 4 heterocycles. The first-order valence-corrected chi connectivity index (χ1v) is 8.51. The van der Waals surface area contributed by atoms with E-state index in [1.54, 1.807) is 17.5 Å². The summed E-state index contributed by atoms with van der Waals surface area (Å²) in [7, 11) is 0. The van der Waals surface area contributed by atoms with Crippen molar-refractivity contribution in [3.63, 3.8) is 0 Å². The Morgan fingerprint density at radius 2 is 1.83 bits per heavy atom. The number of aryl methyl sites for hydroxylation is 1. The lowest BCUT2D eigenvalue weighted by molar-refractivity contribution is 0.363. The normalized spacial score (nSPS) is 17.8. The van der Waals surface area contributed by atoms with Gasteiger partial charge in [0, 0.05) is 31.0 Å². The van der Waals surface area contributed by atoms with Gasteiger partial charge in [0.1, 0.15) is 5.69 Å². The number of nitrogens with two attached hydrogens (primary N) is 1. The third-order valence-electron chi connectivity index (χ3n) is 4.26. The molecule has 0 aromatic carbocycles. The Labute approximate surface area is 138 Å². The molecule has 7 nitrogen and oxygen atoms in total. The summed E-state index contributed by atoms with van der Waals surface area (Å²) >= 11 is 1.59. The zero-order valence-corrected chi connectivity index (χ0v) is 14.0. The molecule has 0 amide bonds. The van der Waals surface area contributed by atoms with Gasteiger partial charge < -0.3 is 10.6 Å². The lowest BCUT2D eigenvalue weighted by Gasteiger charge is -2.36. The number of hydrogen-bond acceptors (Lipinski definition) is 7. The zero-order valence-electron chi connectivity index (χ0n) is 13.2. The van der Waals surface area contributed by atoms with Gasteiger partial charge in [-0.2, -0.15) is 4.52 Å². The third kappa shape index (κ3) is 2.68. The second-order valence-corrected chi connectivity index (χ2v) is 7.38. The molecular weight excluding hydrogens is 310 g/mol. The molecule has 0 radical (unpaired) electrons. The van der Waals surface area contributed by atoms with Crippen LogP contribution >= 0.6 is 11.3 Å². The van der Waals surface area contributed by atoms with Crippen molar-refractivity contribution in [1.29, 1.82) is 0 Å². The van der Waals surface area contributed by atoms with Gasteiger partial charge in [0.05, 0.1) is 6.20 Å². The molecule has 23 heavy (non-hydrogen) atoms. The third-order valence-corrected chi connectivity index (χ3v) is 5.24. The van der Waals surface area contributed by atoms with E-state index in [0.29, 0.717) is 5.82 Å². The molecule has 1 aliphatic rings. The van der Waals surface area contributed by atoms with Gasteiger partial charge in [-0.15, -0.1) is 5.10 Å². The monoisotopic (exact) mass is 329 g/mol. The minimum Gasteiger partial charge on any atom is -0.347 e. The number of fused-ring (bicyclic) bond motifs is 1. The molecule has 0 saturated carbocycles. The standard InChI is InChI=1S/C15H19N7S/c1-10-7-17-12(18-8-10)11-9-19-13-22(11)20-14(23-13)21-5-3-15(2,16)4-6-21/h7-9H,3-6,16H2,1-2H3. The molecule has 1 fully saturated rings. The van der Waals surface area contributed by atoms with Crippen molar-refractivity contribution in [1.82, 2.24) is 24.6 Å². The molecule has 4 rings (SSSR count). The van der Waals surface area contributed by atoms with Gasteiger partial charge in [-0.05, 0) is 32.3 Å². The fourth-order valence-corrected chi connectivity index (χ4v) is 3.63. The minimum atomic E-state index is -0.0607. The highest BCUT2D eigenvalue weighted by Gasteiger charge is 2.28. The first kappa shape index (κ1) is 14.5. The molecule has 0 aliphatic carbocycles. The van der Waals surface area contributed by atoms with Gasteiger partial charge in [0.2, 0.25) is 10.1 Å². The first-order chi connectivity index (χ1) is 11.0. The van der Waals surface area contributed by atoms with E-state index in [9.17, 15) is 0 Å². The number of piperidine rings is 1. The largest absolute Gasteiger partial charge is 0.347 e. The fourth-order valence-electron chi connectivity index (χ4n) is 2.70. The van der Waals surface area contributed by atoms with Crippen LogP contribution in [0.25, 0.3) is 16.5 Å². The van der Waals surface area contributed by atoms with Crippen LogP contribution in [0.1, 0.15) is 25.3 Å². The Morgan fingerprint density at radius 3 is 2.52 bits per heavy atom. The summed E-state index contributed by atoms with van der Waals surface area (Å²) in [5, 5.41) is 5.70. The van der Waals surface area contributed by atoms with E-state index in [2.05, 4.69) is 26.8 Å². The molecule has 1 aliphatic heterocycles. The topological polar surface area (TPSA) is 85.2 Å². The highest BCUT2D eigenvalue weighted by atomic mass is 32.1. The number of nitrogens with zero attached hydrogens (tertiary/aromatic N) is 6. The van der Waals surface area contributed by atoms with Crippen LogP contribution in [0.3, 0.4) is 0 Å². The Hall–Kier alpha value is -2.06. The van der Waals surface area contributed by atoms with Gasteiger partial charge in [-0.3, -0.25) is 0 Å². The Morgan fingerprint density at radius 1 is 1.13 bits per heavy atom. The van der Waals surface area contributed by atoms with Crippen LogP contribution in [-0.2, 0) is 0 Å². The van der Waals surface area contributed by atoms with E-state index in [1.165, 1.54) is 0 Å². The predicted molar refractivity (Wildman–Crippen MR) is 90.7 cm³/mol. The molecule has 3 aromatic heterocycles. The Balaban J connectivity index is 1.66. The maximum absolute atomic E-state index is 6.21. The molecule has 2 N–H and O–H groups in total. The molecular formula is C15H19N7S. The van der Waals surface area contributed by atoms with Crippen molar-refractivity contribution in [2.75, 3.05) is 18.0 Å². The van der Waals surface area contributed by atoms with Crippen molar-refractivity contribution < 1.29 is 0 Å². The Kier molecular flexibility index (Phi) is 3.31. The summed E-state index contributed by atoms with van der Waals surface area (Å²) in [5.74, 6) is 0.646. The van der Waals surface area contributed by atoms with Crippen LogP contribution in [0, 0.1) is 6.92 Å². The molecule has 1 saturated heterocycles. The van der Waals surface area contributed by atoms with E-state index < -0.39 is 0 Å². The fraction of sp³-hybridized carbons (Fsp3) is 0.467. The number of rotatable bonds is 2. The van der Waals surface area contributed by atoms with Crippen LogP contribution in [0.4, 0.5) is 5.13 Å². The zero-order chi connectivity index (χ0) is 16.0. The van der Waals surface area contributed by atoms with E-state index in [4.69, 9.17) is 10.8 Å². The highest BCUT2D eigenvalue weighted by Crippen LogP contribution is 2.30. The van der Waals surface area contributed by atoms with E-state index in [1.807, 2.05) is 23.8 Å². The SMILES string of the molecule is Cc1cnc(-c2cnc3sc(N4CCC(C)(N)CC4)nn23)nc1. The van der Waals surface area contributed by atoms with Gasteiger partial charge in [0.25, 0.3) is 0 Å². The maximum atomic E-state index is 6.21. The number of hydrogen-bond donors (Lipinski definition) is 1. The summed E-state index contributed by atoms with van der Waals surface area (Å²) in [6.45, 7) is 5.95. The lowest BCUT2D eigenvalue weighted by Crippen LogP contribution is -2.48. The lowest BCUT2D eigenvalue weighted by atomic mass is 9.91. The average molecular weight is 329 g/mol. The summed E-state index contributed by atoms with van der Waals surface area (Å²) < 4.78 is 1.83. The van der Waals surface area contributed by atoms with Crippen LogP contribution in [-0.4, -0.2) is 43.2 Å².